The fraction of sp³-hybridized carbons (Fsp3) is 1.00. The average Bonchev–Trinajstić information content (AvgIpc) is 2.20. The van der Waals surface area contributed by atoms with Gasteiger partial charge in [-0.3, -0.25) is 0 Å². The Balaban J connectivity index is 3.60. The summed E-state index contributed by atoms with van der Waals surface area (Å²) in [5, 5.41) is 0. The Bertz CT molecular complexity index is 146. The molecule has 0 aromatic rings. The van der Waals surface area contributed by atoms with Crippen LogP contribution in [0, 0.1) is 23.7 Å². The minimum absolute atomic E-state index is 0.864. The zero-order chi connectivity index (χ0) is 12.6. The van der Waals surface area contributed by atoms with Crippen molar-refractivity contribution in [2.75, 3.05) is 0 Å². The number of hydrogen-bond acceptors (Lipinski definition) is 0. The van der Waals surface area contributed by atoms with Crippen molar-refractivity contribution in [3.63, 3.8) is 0 Å². The summed E-state index contributed by atoms with van der Waals surface area (Å²) >= 11 is 0. The van der Waals surface area contributed by atoms with Crippen LogP contribution in [0.15, 0.2) is 0 Å². The highest BCUT2D eigenvalue weighted by atomic mass is 14.2. The normalized spacial score (nSPS) is 15.8. The van der Waals surface area contributed by atoms with Gasteiger partial charge in [0, 0.05) is 0 Å². The first-order valence-corrected chi connectivity index (χ1v) is 7.47. The first kappa shape index (κ1) is 16.0. The van der Waals surface area contributed by atoms with Gasteiger partial charge in [-0.05, 0) is 30.1 Å². The Morgan fingerprint density at radius 2 is 1.38 bits per heavy atom. The van der Waals surface area contributed by atoms with Crippen molar-refractivity contribution in [3.05, 3.63) is 0 Å². The molecule has 0 heterocycles. The van der Waals surface area contributed by atoms with Gasteiger partial charge >= 0.3 is 0 Å². The molecule has 0 fully saturated rings. The zero-order valence-corrected chi connectivity index (χ0v) is 12.6. The van der Waals surface area contributed by atoms with E-state index in [1.54, 1.807) is 0 Å². The largest absolute Gasteiger partial charge is 0.0651 e. The van der Waals surface area contributed by atoms with Gasteiger partial charge in [-0.25, -0.2) is 0 Å². The van der Waals surface area contributed by atoms with Crippen molar-refractivity contribution >= 4 is 0 Å². The quantitative estimate of drug-likeness (QED) is 0.429. The molecular weight excluding hydrogens is 192 g/mol. The summed E-state index contributed by atoms with van der Waals surface area (Å²) in [5.41, 5.74) is 0. The number of rotatable bonds is 9. The van der Waals surface area contributed by atoms with Crippen LogP contribution in [0.5, 0.6) is 0 Å². The molecule has 0 spiro atoms. The third-order valence-electron chi connectivity index (χ3n) is 3.90. The maximum Gasteiger partial charge on any atom is -0.0391 e. The van der Waals surface area contributed by atoms with Gasteiger partial charge in [0.2, 0.25) is 0 Å². The van der Waals surface area contributed by atoms with Gasteiger partial charge in [-0.15, -0.1) is 0 Å². The zero-order valence-electron chi connectivity index (χ0n) is 12.6. The second-order valence-corrected chi connectivity index (χ2v) is 6.43. The van der Waals surface area contributed by atoms with E-state index >= 15 is 0 Å². The SMILES string of the molecule is CCC(CC(C)CCCCC(C)C)C(C)C. The molecule has 0 nitrogen and oxygen atoms in total. The van der Waals surface area contributed by atoms with Crippen molar-refractivity contribution in [1.29, 1.82) is 0 Å². The van der Waals surface area contributed by atoms with Crippen molar-refractivity contribution < 1.29 is 0 Å². The van der Waals surface area contributed by atoms with Gasteiger partial charge in [0.15, 0.2) is 0 Å². The average molecular weight is 226 g/mol. The Kier molecular flexibility index (Phi) is 9.07. The molecule has 0 amide bonds. The van der Waals surface area contributed by atoms with E-state index in [0.29, 0.717) is 0 Å². The molecule has 2 unspecified atom stereocenters. The topological polar surface area (TPSA) is 0 Å². The first-order chi connectivity index (χ1) is 7.47. The highest BCUT2D eigenvalue weighted by Crippen LogP contribution is 2.26. The highest BCUT2D eigenvalue weighted by molar-refractivity contribution is 4.65. The van der Waals surface area contributed by atoms with Crippen LogP contribution in [0.2, 0.25) is 0 Å². The molecule has 0 aliphatic heterocycles. The van der Waals surface area contributed by atoms with E-state index in [-0.39, 0.29) is 0 Å². The molecule has 0 saturated heterocycles. The summed E-state index contributed by atoms with van der Waals surface area (Å²) in [6.07, 6.45) is 8.52. The molecule has 0 aliphatic rings. The summed E-state index contributed by atoms with van der Waals surface area (Å²) in [5.74, 6) is 3.62. The fourth-order valence-electron chi connectivity index (χ4n) is 2.59. The van der Waals surface area contributed by atoms with Crippen molar-refractivity contribution in [2.24, 2.45) is 23.7 Å². The van der Waals surface area contributed by atoms with Gasteiger partial charge in [0.1, 0.15) is 0 Å². The first-order valence-electron chi connectivity index (χ1n) is 7.47. The van der Waals surface area contributed by atoms with Crippen LogP contribution in [0.4, 0.5) is 0 Å². The van der Waals surface area contributed by atoms with Gasteiger partial charge in [-0.1, -0.05) is 73.6 Å². The maximum absolute atomic E-state index is 2.44. The van der Waals surface area contributed by atoms with E-state index in [1.807, 2.05) is 0 Å². The van der Waals surface area contributed by atoms with Crippen LogP contribution < -0.4 is 0 Å². The molecule has 2 atom stereocenters. The van der Waals surface area contributed by atoms with Gasteiger partial charge in [0.05, 0.1) is 0 Å². The predicted octanol–water partition coefficient (Wildman–Crippen LogP) is 5.91. The summed E-state index contributed by atoms with van der Waals surface area (Å²) in [7, 11) is 0. The summed E-state index contributed by atoms with van der Waals surface area (Å²) < 4.78 is 0. The third-order valence-corrected chi connectivity index (χ3v) is 3.90. The maximum atomic E-state index is 2.44. The minimum Gasteiger partial charge on any atom is -0.0651 e. The molecular formula is C16H34. The second kappa shape index (κ2) is 9.07. The standard InChI is InChI=1S/C16H34/c1-7-16(14(4)5)12-15(6)11-9-8-10-13(2)3/h13-16H,7-12H2,1-6H3. The highest BCUT2D eigenvalue weighted by Gasteiger charge is 2.14. The van der Waals surface area contributed by atoms with Crippen LogP contribution in [-0.2, 0) is 0 Å². The van der Waals surface area contributed by atoms with E-state index in [0.717, 1.165) is 23.7 Å². The molecule has 0 N–H and O–H groups in total. The van der Waals surface area contributed by atoms with E-state index in [4.69, 9.17) is 0 Å². The van der Waals surface area contributed by atoms with Crippen molar-refractivity contribution in [1.82, 2.24) is 0 Å². The molecule has 0 radical (unpaired) electrons. The van der Waals surface area contributed by atoms with Crippen LogP contribution in [0.1, 0.15) is 80.1 Å². The van der Waals surface area contributed by atoms with Crippen molar-refractivity contribution in [3.8, 4) is 0 Å². The summed E-state index contributed by atoms with van der Waals surface area (Å²) in [4.78, 5) is 0. The lowest BCUT2D eigenvalue weighted by Gasteiger charge is -2.23. The van der Waals surface area contributed by atoms with E-state index in [2.05, 4.69) is 41.5 Å². The summed E-state index contributed by atoms with van der Waals surface area (Å²) in [6.45, 7) is 14.2. The second-order valence-electron chi connectivity index (χ2n) is 6.43. The predicted molar refractivity (Wildman–Crippen MR) is 75.7 cm³/mol. The lowest BCUT2D eigenvalue weighted by molar-refractivity contribution is 0.285. The Morgan fingerprint density at radius 3 is 1.81 bits per heavy atom. The molecule has 0 aromatic heterocycles. The number of unbranched alkanes of at least 4 members (excludes halogenated alkanes) is 1. The van der Waals surface area contributed by atoms with Crippen molar-refractivity contribution in [2.45, 2.75) is 80.1 Å². The van der Waals surface area contributed by atoms with E-state index in [9.17, 15) is 0 Å². The lowest BCUT2D eigenvalue weighted by Crippen LogP contribution is -2.12. The Hall–Kier alpha value is 0. The van der Waals surface area contributed by atoms with E-state index in [1.165, 1.54) is 38.5 Å². The Morgan fingerprint density at radius 1 is 0.812 bits per heavy atom. The molecule has 0 aliphatic carbocycles. The van der Waals surface area contributed by atoms with Gasteiger partial charge in [-0.2, -0.15) is 0 Å². The monoisotopic (exact) mass is 226 g/mol. The molecule has 0 bridgehead atoms. The Labute approximate surface area is 104 Å². The third kappa shape index (κ3) is 8.19. The van der Waals surface area contributed by atoms with Crippen LogP contribution in [0.3, 0.4) is 0 Å². The molecule has 0 rings (SSSR count). The van der Waals surface area contributed by atoms with Crippen LogP contribution in [0.25, 0.3) is 0 Å². The lowest BCUT2D eigenvalue weighted by atomic mass is 9.83. The smallest absolute Gasteiger partial charge is 0.0391 e. The molecule has 0 heteroatoms. The minimum atomic E-state index is 0.864. The van der Waals surface area contributed by atoms with Gasteiger partial charge < -0.3 is 0 Å². The molecule has 0 aromatic carbocycles. The van der Waals surface area contributed by atoms with Gasteiger partial charge in [0.25, 0.3) is 0 Å². The molecule has 98 valence electrons. The summed E-state index contributed by atoms with van der Waals surface area (Å²) in [6, 6.07) is 0. The fourth-order valence-corrected chi connectivity index (χ4v) is 2.59. The van der Waals surface area contributed by atoms with E-state index < -0.39 is 0 Å². The molecule has 16 heavy (non-hydrogen) atoms. The van der Waals surface area contributed by atoms with Crippen LogP contribution in [-0.4, -0.2) is 0 Å². The van der Waals surface area contributed by atoms with Crippen LogP contribution >= 0.6 is 0 Å². The molecule has 0 saturated carbocycles. The number of hydrogen-bond donors (Lipinski definition) is 0.